The van der Waals surface area contributed by atoms with Gasteiger partial charge < -0.3 is 10.6 Å². The highest BCUT2D eigenvalue weighted by Gasteiger charge is 2.30. The van der Waals surface area contributed by atoms with Gasteiger partial charge in [0.2, 0.25) is 0 Å². The molecule has 3 rings (SSSR count). The predicted molar refractivity (Wildman–Crippen MR) is 116 cm³/mol. The summed E-state index contributed by atoms with van der Waals surface area (Å²) in [4.78, 5) is 8.23. The first-order valence-corrected chi connectivity index (χ1v) is 8.51. The molecule has 0 radical (unpaired) electrons. The zero-order chi connectivity index (χ0) is 20.0. The molecule has 0 spiro atoms. The number of aromatic nitrogens is 3. The normalized spacial score (nSPS) is 11.7. The number of halogens is 4. The standard InChI is InChI=1S/C19H19F3N6.HI/c1-23-18(25-11-14-5-3-7-16(9-14)19(20,21)22)24-10-13-4-2-6-15(8-13)17-26-12-27-28-17;/h2-9,12H,10-11H2,1H3,(H2,23,24,25)(H,26,27,28);1H. The molecule has 0 saturated carbocycles. The van der Waals surface area contributed by atoms with Gasteiger partial charge in [-0.3, -0.25) is 10.1 Å². The molecule has 6 nitrogen and oxygen atoms in total. The Morgan fingerprint density at radius 2 is 1.69 bits per heavy atom. The van der Waals surface area contributed by atoms with E-state index in [1.54, 1.807) is 13.1 Å². The fraction of sp³-hybridized carbons (Fsp3) is 0.211. The quantitative estimate of drug-likeness (QED) is 0.273. The highest BCUT2D eigenvalue weighted by atomic mass is 127. The molecule has 0 unspecified atom stereocenters. The summed E-state index contributed by atoms with van der Waals surface area (Å²) in [6, 6.07) is 13.0. The fourth-order valence-electron chi connectivity index (χ4n) is 2.62. The first kappa shape index (κ1) is 22.7. The minimum absolute atomic E-state index is 0. The van der Waals surface area contributed by atoms with Gasteiger partial charge in [0.15, 0.2) is 11.8 Å². The third-order valence-electron chi connectivity index (χ3n) is 4.01. The molecule has 154 valence electrons. The van der Waals surface area contributed by atoms with Crippen LogP contribution in [0.1, 0.15) is 16.7 Å². The molecule has 10 heteroatoms. The number of guanidine groups is 1. The monoisotopic (exact) mass is 516 g/mol. The number of hydrogen-bond acceptors (Lipinski definition) is 3. The molecule has 0 aliphatic heterocycles. The van der Waals surface area contributed by atoms with E-state index in [0.717, 1.165) is 23.3 Å². The second kappa shape index (κ2) is 10.2. The fourth-order valence-corrected chi connectivity index (χ4v) is 2.62. The second-order valence-electron chi connectivity index (χ2n) is 6.01. The van der Waals surface area contributed by atoms with Crippen LogP contribution in [0.3, 0.4) is 0 Å². The summed E-state index contributed by atoms with van der Waals surface area (Å²) >= 11 is 0. The van der Waals surface area contributed by atoms with Crippen molar-refractivity contribution in [2.24, 2.45) is 4.99 Å². The van der Waals surface area contributed by atoms with Crippen LogP contribution in [0, 0.1) is 0 Å². The minimum atomic E-state index is -4.36. The van der Waals surface area contributed by atoms with Crippen molar-refractivity contribution in [2.45, 2.75) is 19.3 Å². The summed E-state index contributed by atoms with van der Waals surface area (Å²) in [5, 5.41) is 12.8. The minimum Gasteiger partial charge on any atom is -0.352 e. The van der Waals surface area contributed by atoms with Crippen molar-refractivity contribution in [3.8, 4) is 11.4 Å². The van der Waals surface area contributed by atoms with Crippen LogP contribution in [0.5, 0.6) is 0 Å². The van der Waals surface area contributed by atoms with E-state index in [0.29, 0.717) is 23.9 Å². The topological polar surface area (TPSA) is 78.0 Å². The van der Waals surface area contributed by atoms with Crippen LogP contribution < -0.4 is 10.6 Å². The predicted octanol–water partition coefficient (Wildman–Crippen LogP) is 3.97. The molecule has 0 atom stereocenters. The molecular weight excluding hydrogens is 496 g/mol. The van der Waals surface area contributed by atoms with Crippen molar-refractivity contribution in [3.63, 3.8) is 0 Å². The Morgan fingerprint density at radius 3 is 2.28 bits per heavy atom. The zero-order valence-corrected chi connectivity index (χ0v) is 17.8. The van der Waals surface area contributed by atoms with Gasteiger partial charge in [-0.2, -0.15) is 18.3 Å². The lowest BCUT2D eigenvalue weighted by Crippen LogP contribution is -2.36. The largest absolute Gasteiger partial charge is 0.416 e. The summed E-state index contributed by atoms with van der Waals surface area (Å²) in [5.41, 5.74) is 1.75. The second-order valence-corrected chi connectivity index (χ2v) is 6.01. The van der Waals surface area contributed by atoms with E-state index in [2.05, 4.69) is 30.8 Å². The van der Waals surface area contributed by atoms with Gasteiger partial charge in [-0.15, -0.1) is 24.0 Å². The number of hydrogen-bond donors (Lipinski definition) is 3. The summed E-state index contributed by atoms with van der Waals surface area (Å²) in [6.45, 7) is 0.714. The molecule has 3 N–H and O–H groups in total. The van der Waals surface area contributed by atoms with E-state index >= 15 is 0 Å². The Kier molecular flexibility index (Phi) is 8.00. The van der Waals surface area contributed by atoms with E-state index in [1.807, 2.05) is 24.3 Å². The van der Waals surface area contributed by atoms with E-state index in [9.17, 15) is 13.2 Å². The Morgan fingerprint density at radius 1 is 1.03 bits per heavy atom. The number of alkyl halides is 3. The average molecular weight is 516 g/mol. The molecule has 0 bridgehead atoms. The van der Waals surface area contributed by atoms with Gasteiger partial charge >= 0.3 is 6.18 Å². The molecule has 1 aromatic heterocycles. The average Bonchev–Trinajstić information content (AvgIpc) is 3.23. The Bertz CT molecular complexity index is 941. The van der Waals surface area contributed by atoms with Crippen LogP contribution in [0.15, 0.2) is 59.9 Å². The van der Waals surface area contributed by atoms with Crippen LogP contribution in [0.4, 0.5) is 13.2 Å². The van der Waals surface area contributed by atoms with Crippen molar-refractivity contribution in [1.82, 2.24) is 25.8 Å². The highest BCUT2D eigenvalue weighted by Crippen LogP contribution is 2.29. The molecule has 0 aliphatic rings. The molecule has 29 heavy (non-hydrogen) atoms. The van der Waals surface area contributed by atoms with Crippen LogP contribution in [-0.2, 0) is 19.3 Å². The molecule has 0 fully saturated rings. The number of aromatic amines is 1. The Labute approximate surface area is 183 Å². The molecular formula is C19H20F3IN6. The van der Waals surface area contributed by atoms with Crippen molar-refractivity contribution in [1.29, 1.82) is 0 Å². The number of rotatable bonds is 5. The van der Waals surface area contributed by atoms with Crippen molar-refractivity contribution in [2.75, 3.05) is 7.05 Å². The third kappa shape index (κ3) is 6.44. The Balaban J connectivity index is 0.00000300. The van der Waals surface area contributed by atoms with Crippen LogP contribution >= 0.6 is 24.0 Å². The molecule has 2 aromatic carbocycles. The van der Waals surface area contributed by atoms with Crippen molar-refractivity contribution >= 4 is 29.9 Å². The summed E-state index contributed by atoms with van der Waals surface area (Å²) in [7, 11) is 1.60. The Hall–Kier alpha value is -2.63. The number of nitrogens with zero attached hydrogens (tertiary/aromatic N) is 3. The van der Waals surface area contributed by atoms with Crippen LogP contribution in [0.2, 0.25) is 0 Å². The van der Waals surface area contributed by atoms with Gasteiger partial charge in [-0.1, -0.05) is 30.3 Å². The first-order chi connectivity index (χ1) is 13.5. The van der Waals surface area contributed by atoms with Gasteiger partial charge in [0, 0.05) is 25.7 Å². The third-order valence-corrected chi connectivity index (χ3v) is 4.01. The van der Waals surface area contributed by atoms with Gasteiger partial charge in [0.25, 0.3) is 0 Å². The summed E-state index contributed by atoms with van der Waals surface area (Å²) in [5.74, 6) is 1.16. The number of aliphatic imine (C=N–C) groups is 1. The molecule has 1 heterocycles. The van der Waals surface area contributed by atoms with E-state index < -0.39 is 11.7 Å². The summed E-state index contributed by atoms with van der Waals surface area (Å²) < 4.78 is 38.4. The maximum atomic E-state index is 12.8. The van der Waals surface area contributed by atoms with Gasteiger partial charge in [0.1, 0.15) is 6.33 Å². The lowest BCUT2D eigenvalue weighted by Gasteiger charge is -2.13. The van der Waals surface area contributed by atoms with Crippen LogP contribution in [-0.4, -0.2) is 28.2 Å². The molecule has 0 aliphatic carbocycles. The van der Waals surface area contributed by atoms with Crippen LogP contribution in [0.25, 0.3) is 11.4 Å². The molecule has 3 aromatic rings. The number of nitrogens with one attached hydrogen (secondary N) is 3. The van der Waals surface area contributed by atoms with E-state index in [1.165, 1.54) is 12.4 Å². The number of H-pyrrole nitrogens is 1. The van der Waals surface area contributed by atoms with Gasteiger partial charge in [-0.05, 0) is 29.3 Å². The smallest absolute Gasteiger partial charge is 0.352 e. The van der Waals surface area contributed by atoms with E-state index in [-0.39, 0.29) is 30.5 Å². The maximum absolute atomic E-state index is 12.8. The zero-order valence-electron chi connectivity index (χ0n) is 15.5. The highest BCUT2D eigenvalue weighted by molar-refractivity contribution is 14.0. The molecule has 0 saturated heterocycles. The lowest BCUT2D eigenvalue weighted by atomic mass is 10.1. The lowest BCUT2D eigenvalue weighted by molar-refractivity contribution is -0.137. The van der Waals surface area contributed by atoms with Gasteiger partial charge in [0.05, 0.1) is 5.56 Å². The maximum Gasteiger partial charge on any atom is 0.416 e. The number of benzene rings is 2. The van der Waals surface area contributed by atoms with Crippen molar-refractivity contribution in [3.05, 3.63) is 71.5 Å². The first-order valence-electron chi connectivity index (χ1n) is 8.51. The van der Waals surface area contributed by atoms with Crippen molar-refractivity contribution < 1.29 is 13.2 Å². The molecule has 0 amide bonds. The van der Waals surface area contributed by atoms with E-state index in [4.69, 9.17) is 0 Å². The van der Waals surface area contributed by atoms with Gasteiger partial charge in [-0.25, -0.2) is 4.98 Å². The SMILES string of the molecule is CN=C(NCc1cccc(-c2ncn[nH]2)c1)NCc1cccc(C(F)(F)F)c1.I. The summed E-state index contributed by atoms with van der Waals surface area (Å²) in [6.07, 6.45) is -2.91.